The van der Waals surface area contributed by atoms with Crippen LogP contribution in [0.25, 0.3) is 10.9 Å². The molecule has 0 saturated heterocycles. The van der Waals surface area contributed by atoms with Crippen molar-refractivity contribution >= 4 is 58.3 Å². The monoisotopic (exact) mass is 702 g/mol. The van der Waals surface area contributed by atoms with Gasteiger partial charge in [0.2, 0.25) is 29.5 Å². The number of H-pyrrole nitrogens is 1. The number of carbonyl (C=O) groups is 7. The first-order valence-corrected chi connectivity index (χ1v) is 15.9. The number of rotatable bonds is 21. The summed E-state index contributed by atoms with van der Waals surface area (Å²) in [5, 5.41) is 30.7. The number of hydrogen-bond donors (Lipinski definition) is 11. The molecule has 19 heteroatoms. The molecule has 0 saturated carbocycles. The number of aromatic amines is 1. The van der Waals surface area contributed by atoms with E-state index in [0.29, 0.717) is 12.0 Å². The molecule has 0 unspecified atom stereocenters. The summed E-state index contributed by atoms with van der Waals surface area (Å²) >= 11 is 0. The lowest BCUT2D eigenvalue weighted by atomic mass is 9.98. The molecule has 0 spiro atoms. The van der Waals surface area contributed by atoms with E-state index in [1.807, 2.05) is 12.2 Å². The van der Waals surface area contributed by atoms with Crippen molar-refractivity contribution in [3.05, 3.63) is 36.0 Å². The van der Waals surface area contributed by atoms with Crippen molar-refractivity contribution in [3.63, 3.8) is 0 Å². The van der Waals surface area contributed by atoms with Crippen molar-refractivity contribution in [2.75, 3.05) is 19.6 Å². The zero-order valence-electron chi connectivity index (χ0n) is 27.9. The molecule has 1 heterocycles. The number of aliphatic carboxylic acids is 2. The summed E-state index contributed by atoms with van der Waals surface area (Å²) in [5.74, 6) is -7.37. The molecule has 14 N–H and O–H groups in total. The molecule has 0 fully saturated rings. The first-order valence-electron chi connectivity index (χ1n) is 15.9. The number of amides is 5. The van der Waals surface area contributed by atoms with Crippen LogP contribution in [0.3, 0.4) is 0 Å². The number of carbonyl (C=O) groups excluding carboxylic acids is 5. The molecule has 5 atom stereocenters. The number of benzene rings is 1. The number of aliphatic imine (C=N–C) groups is 1. The van der Waals surface area contributed by atoms with Gasteiger partial charge in [0.15, 0.2) is 5.96 Å². The highest BCUT2D eigenvalue weighted by Gasteiger charge is 2.32. The van der Waals surface area contributed by atoms with Gasteiger partial charge in [0.05, 0.1) is 19.0 Å². The van der Waals surface area contributed by atoms with Gasteiger partial charge in [-0.25, -0.2) is 0 Å². The molecule has 0 aliphatic carbocycles. The zero-order chi connectivity index (χ0) is 37.4. The Hall–Kier alpha value is -5.72. The molecular formula is C31H46N10O9. The molecule has 2 aromatic rings. The molecule has 50 heavy (non-hydrogen) atoms. The fourth-order valence-corrected chi connectivity index (χ4v) is 4.74. The highest BCUT2D eigenvalue weighted by Crippen LogP contribution is 2.19. The molecule has 5 amide bonds. The molecule has 274 valence electrons. The topological polar surface area (TPSA) is 326 Å². The third kappa shape index (κ3) is 13.4. The van der Waals surface area contributed by atoms with Gasteiger partial charge in [0.25, 0.3) is 0 Å². The Labute approximate surface area is 287 Å². The van der Waals surface area contributed by atoms with Crippen LogP contribution in [0.5, 0.6) is 0 Å². The number of nitrogens with zero attached hydrogens (tertiary/aromatic N) is 1. The van der Waals surface area contributed by atoms with Crippen molar-refractivity contribution < 1.29 is 43.8 Å². The Kier molecular flexibility index (Phi) is 16.1. The van der Waals surface area contributed by atoms with Gasteiger partial charge in [-0.1, -0.05) is 38.5 Å². The third-order valence-corrected chi connectivity index (χ3v) is 7.74. The Balaban J connectivity index is 2.37. The lowest BCUT2D eigenvalue weighted by Gasteiger charge is -2.26. The van der Waals surface area contributed by atoms with E-state index in [9.17, 15) is 38.7 Å². The van der Waals surface area contributed by atoms with Gasteiger partial charge in [-0.3, -0.25) is 38.6 Å². The second kappa shape index (κ2) is 19.9. The van der Waals surface area contributed by atoms with Crippen molar-refractivity contribution in [2.24, 2.45) is 28.1 Å². The van der Waals surface area contributed by atoms with Gasteiger partial charge in [-0.15, -0.1) is 0 Å². The van der Waals surface area contributed by atoms with E-state index >= 15 is 0 Å². The van der Waals surface area contributed by atoms with Crippen molar-refractivity contribution in [2.45, 2.75) is 70.1 Å². The summed E-state index contributed by atoms with van der Waals surface area (Å²) in [6, 6.07) is 1.95. The van der Waals surface area contributed by atoms with Crippen LogP contribution in [-0.2, 0) is 40.0 Å². The summed E-state index contributed by atoms with van der Waals surface area (Å²) in [4.78, 5) is 94.6. The third-order valence-electron chi connectivity index (χ3n) is 7.74. The second-order valence-corrected chi connectivity index (χ2v) is 11.6. The van der Waals surface area contributed by atoms with Gasteiger partial charge < -0.3 is 59.0 Å². The van der Waals surface area contributed by atoms with E-state index in [1.54, 1.807) is 37.4 Å². The standard InChI is InChI=1S/C31H46N10O9/c1-3-16(2)26(32)30(50)39-20(9-6-10-35-31(33)34)28(48)40-21(11-17-13-36-19-8-5-4-7-18(17)19)29(49)41-22(12-24(43)44)27(47)38-14-23(42)37-15-25(45)46/h4-5,7-8,13,16,20-22,26,36H,3,6,9-12,14-15,32H2,1-2H3,(H,37,42)(H,38,47)(H,39,50)(H,40,48)(H,41,49)(H,43,44)(H,45,46)(H4,33,34,35)/t16-,20-,21-,22-,26-/m0/s1. The number of para-hydroxylation sites is 1. The molecule has 0 radical (unpaired) electrons. The molecule has 1 aromatic carbocycles. The number of carboxylic acid groups (broad SMARTS) is 2. The van der Waals surface area contributed by atoms with E-state index < -0.39 is 85.2 Å². The lowest BCUT2D eigenvalue weighted by molar-refractivity contribution is -0.141. The number of nitrogens with one attached hydrogen (secondary N) is 6. The van der Waals surface area contributed by atoms with Crippen LogP contribution in [0, 0.1) is 5.92 Å². The number of guanidine groups is 1. The van der Waals surface area contributed by atoms with Crippen LogP contribution < -0.4 is 43.8 Å². The SMILES string of the molecule is CC[C@H](C)[C@H](N)C(=O)N[C@@H](CCCN=C(N)N)C(=O)N[C@@H](Cc1c[nH]c2ccccc12)C(=O)N[C@@H](CC(=O)O)C(=O)NCC(=O)NCC(=O)O. The maximum atomic E-state index is 13.8. The minimum absolute atomic E-state index is 0.0526. The fraction of sp³-hybridized carbons (Fsp3) is 0.484. The summed E-state index contributed by atoms with van der Waals surface area (Å²) in [6.07, 6.45) is 1.53. The highest BCUT2D eigenvalue weighted by molar-refractivity contribution is 5.97. The Morgan fingerprint density at radius 2 is 1.48 bits per heavy atom. The minimum Gasteiger partial charge on any atom is -0.481 e. The minimum atomic E-state index is -1.70. The number of carboxylic acids is 2. The average molecular weight is 703 g/mol. The van der Waals surface area contributed by atoms with Gasteiger partial charge in [0, 0.05) is 30.1 Å². The molecular weight excluding hydrogens is 656 g/mol. The smallest absolute Gasteiger partial charge is 0.322 e. The zero-order valence-corrected chi connectivity index (χ0v) is 27.9. The quantitative estimate of drug-likeness (QED) is 0.0362. The number of nitrogens with two attached hydrogens (primary N) is 3. The Morgan fingerprint density at radius 3 is 2.12 bits per heavy atom. The molecule has 1 aromatic heterocycles. The van der Waals surface area contributed by atoms with Gasteiger partial charge in [-0.2, -0.15) is 0 Å². The summed E-state index contributed by atoms with van der Waals surface area (Å²) in [6.45, 7) is 2.37. The maximum absolute atomic E-state index is 13.8. The van der Waals surface area contributed by atoms with Crippen LogP contribution in [0.1, 0.15) is 45.1 Å². The summed E-state index contributed by atoms with van der Waals surface area (Å²) in [7, 11) is 0. The van der Waals surface area contributed by atoms with Crippen LogP contribution in [-0.4, -0.2) is 106 Å². The second-order valence-electron chi connectivity index (χ2n) is 11.6. The molecule has 0 bridgehead atoms. The van der Waals surface area contributed by atoms with Gasteiger partial charge >= 0.3 is 11.9 Å². The van der Waals surface area contributed by atoms with Crippen LogP contribution in [0.4, 0.5) is 0 Å². The van der Waals surface area contributed by atoms with Gasteiger partial charge in [0.1, 0.15) is 24.7 Å². The highest BCUT2D eigenvalue weighted by atomic mass is 16.4. The largest absolute Gasteiger partial charge is 0.481 e. The summed E-state index contributed by atoms with van der Waals surface area (Å²) < 4.78 is 0. The Bertz CT molecular complexity index is 1560. The molecule has 0 aliphatic heterocycles. The first-order chi connectivity index (χ1) is 23.6. The van der Waals surface area contributed by atoms with Crippen LogP contribution in [0.2, 0.25) is 0 Å². The van der Waals surface area contributed by atoms with E-state index in [2.05, 4.69) is 31.2 Å². The van der Waals surface area contributed by atoms with E-state index in [1.165, 1.54) is 0 Å². The van der Waals surface area contributed by atoms with Crippen LogP contribution in [0.15, 0.2) is 35.5 Å². The average Bonchev–Trinajstić information content (AvgIpc) is 3.48. The van der Waals surface area contributed by atoms with E-state index in [4.69, 9.17) is 22.3 Å². The Morgan fingerprint density at radius 1 is 0.840 bits per heavy atom. The normalized spacial score (nSPS) is 13.8. The van der Waals surface area contributed by atoms with E-state index in [-0.39, 0.29) is 37.7 Å². The van der Waals surface area contributed by atoms with Gasteiger partial charge in [-0.05, 0) is 30.4 Å². The number of aromatic nitrogens is 1. The molecule has 2 rings (SSSR count). The maximum Gasteiger partial charge on any atom is 0.322 e. The predicted octanol–water partition coefficient (Wildman–Crippen LogP) is -2.62. The molecule has 19 nitrogen and oxygen atoms in total. The fourth-order valence-electron chi connectivity index (χ4n) is 4.74. The lowest BCUT2D eigenvalue weighted by Crippen LogP contribution is -2.59. The number of hydrogen-bond acceptors (Lipinski definition) is 9. The predicted molar refractivity (Wildman–Crippen MR) is 181 cm³/mol. The van der Waals surface area contributed by atoms with Crippen molar-refractivity contribution in [1.82, 2.24) is 31.6 Å². The molecule has 0 aliphatic rings. The summed E-state index contributed by atoms with van der Waals surface area (Å²) in [5.41, 5.74) is 18.2. The van der Waals surface area contributed by atoms with Crippen LogP contribution >= 0.6 is 0 Å². The van der Waals surface area contributed by atoms with Crippen molar-refractivity contribution in [1.29, 1.82) is 0 Å². The van der Waals surface area contributed by atoms with E-state index in [0.717, 1.165) is 10.9 Å². The number of fused-ring (bicyclic) bond motifs is 1. The first kappa shape index (κ1) is 40.5. The van der Waals surface area contributed by atoms with Crippen molar-refractivity contribution in [3.8, 4) is 0 Å².